The molecule has 4 rings (SSSR count). The predicted molar refractivity (Wildman–Crippen MR) is 138 cm³/mol. The van der Waals surface area contributed by atoms with E-state index >= 15 is 0 Å². The third-order valence-electron chi connectivity index (χ3n) is 6.92. The topological polar surface area (TPSA) is 88.3 Å². The summed E-state index contributed by atoms with van der Waals surface area (Å²) in [7, 11) is 0. The number of carbonyl (C=O) groups is 1. The van der Waals surface area contributed by atoms with Gasteiger partial charge < -0.3 is 29.4 Å². The number of guanidine groups is 1. The summed E-state index contributed by atoms with van der Waals surface area (Å²) in [4.78, 5) is 18.7. The fourth-order valence-corrected chi connectivity index (χ4v) is 5.19. The number of rotatable bonds is 6. The molecule has 1 spiro atoms. The maximum absolute atomic E-state index is 12.0. The van der Waals surface area contributed by atoms with Crippen molar-refractivity contribution in [3.05, 3.63) is 24.2 Å². The third-order valence-corrected chi connectivity index (χ3v) is 6.92. The average Bonchev–Trinajstić information content (AvgIpc) is 3.47. The van der Waals surface area contributed by atoms with Gasteiger partial charge in [-0.05, 0) is 57.6 Å². The number of piperidine rings is 1. The number of carbonyl (C=O) groups excluding carboxylic acids is 1. The van der Waals surface area contributed by atoms with Crippen LogP contribution in [-0.4, -0.2) is 67.5 Å². The van der Waals surface area contributed by atoms with E-state index in [2.05, 4.69) is 10.6 Å². The van der Waals surface area contributed by atoms with Gasteiger partial charge in [0.1, 0.15) is 5.76 Å². The third kappa shape index (κ3) is 7.50. The molecule has 2 saturated heterocycles. The lowest BCUT2D eigenvalue weighted by Gasteiger charge is -2.39. The first-order chi connectivity index (χ1) is 15.7. The molecule has 9 heteroatoms. The summed E-state index contributed by atoms with van der Waals surface area (Å²) in [6.45, 7) is 5.15. The van der Waals surface area contributed by atoms with E-state index in [-0.39, 0.29) is 41.7 Å². The van der Waals surface area contributed by atoms with Gasteiger partial charge in [0.15, 0.2) is 5.96 Å². The van der Waals surface area contributed by atoms with Crippen LogP contribution in [0.2, 0.25) is 0 Å². The fraction of sp³-hybridized carbons (Fsp3) is 0.750. The minimum atomic E-state index is -0.208. The van der Waals surface area contributed by atoms with Crippen molar-refractivity contribution in [1.29, 1.82) is 0 Å². The van der Waals surface area contributed by atoms with Crippen LogP contribution in [0.4, 0.5) is 4.79 Å². The summed E-state index contributed by atoms with van der Waals surface area (Å²) in [5.41, 5.74) is 0.0696. The predicted octanol–water partition coefficient (Wildman–Crippen LogP) is 4.09. The first-order valence-electron chi connectivity index (χ1n) is 12.3. The smallest absolute Gasteiger partial charge is 0.409 e. The molecule has 8 nitrogen and oxygen atoms in total. The van der Waals surface area contributed by atoms with Crippen LogP contribution < -0.4 is 10.6 Å². The van der Waals surface area contributed by atoms with Crippen LogP contribution in [-0.2, 0) is 15.9 Å². The zero-order valence-corrected chi connectivity index (χ0v) is 22.1. The number of hydrogen-bond donors (Lipinski definition) is 2. The molecule has 1 unspecified atom stereocenters. The van der Waals surface area contributed by atoms with Crippen LogP contribution in [0, 0.1) is 0 Å². The Labute approximate surface area is 214 Å². The zero-order valence-electron chi connectivity index (χ0n) is 19.7. The molecule has 3 fully saturated rings. The molecule has 1 aromatic heterocycles. The largest absolute Gasteiger partial charge is 0.469 e. The summed E-state index contributed by atoms with van der Waals surface area (Å²) in [5.74, 6) is 1.82. The van der Waals surface area contributed by atoms with Gasteiger partial charge in [-0.25, -0.2) is 4.79 Å². The molecule has 33 heavy (non-hydrogen) atoms. The molecule has 2 aliphatic heterocycles. The Morgan fingerprint density at radius 1 is 1.21 bits per heavy atom. The van der Waals surface area contributed by atoms with Gasteiger partial charge in [0.05, 0.1) is 18.5 Å². The minimum Gasteiger partial charge on any atom is -0.469 e. The average molecular weight is 575 g/mol. The molecule has 1 atom stereocenters. The molecule has 3 heterocycles. The van der Waals surface area contributed by atoms with Crippen LogP contribution in [0.3, 0.4) is 0 Å². The summed E-state index contributed by atoms with van der Waals surface area (Å²) in [6, 6.07) is 4.56. The SMILES string of the molecule is CCOC(=O)N1CCC(NC(=NCCc2ccco2)NC2CCOC3(CCCC3)C2)CC1.I. The molecule has 0 radical (unpaired) electrons. The highest BCUT2D eigenvalue weighted by Crippen LogP contribution is 2.39. The maximum Gasteiger partial charge on any atom is 0.409 e. The second kappa shape index (κ2) is 12.8. The van der Waals surface area contributed by atoms with E-state index < -0.39 is 0 Å². The Hall–Kier alpha value is -1.49. The number of likely N-dealkylation sites (tertiary alicyclic amines) is 1. The van der Waals surface area contributed by atoms with Crippen molar-refractivity contribution in [3.8, 4) is 0 Å². The number of nitrogens with one attached hydrogen (secondary N) is 2. The maximum atomic E-state index is 12.0. The summed E-state index contributed by atoms with van der Waals surface area (Å²) < 4.78 is 16.8. The van der Waals surface area contributed by atoms with Gasteiger partial charge in [0.25, 0.3) is 0 Å². The van der Waals surface area contributed by atoms with Crippen LogP contribution in [0.25, 0.3) is 0 Å². The van der Waals surface area contributed by atoms with Crippen LogP contribution >= 0.6 is 24.0 Å². The van der Waals surface area contributed by atoms with Crippen LogP contribution in [0.15, 0.2) is 27.8 Å². The van der Waals surface area contributed by atoms with E-state index in [1.807, 2.05) is 19.1 Å². The number of furan rings is 1. The highest BCUT2D eigenvalue weighted by atomic mass is 127. The monoisotopic (exact) mass is 574 g/mol. The number of hydrogen-bond acceptors (Lipinski definition) is 5. The Kier molecular flexibility index (Phi) is 10.2. The van der Waals surface area contributed by atoms with Crippen LogP contribution in [0.1, 0.15) is 64.1 Å². The molecule has 3 aliphatic rings. The molecule has 1 saturated carbocycles. The second-order valence-electron chi connectivity index (χ2n) is 9.24. The Bertz CT molecular complexity index is 744. The number of nitrogens with zero attached hydrogens (tertiary/aromatic N) is 2. The van der Waals surface area contributed by atoms with E-state index in [0.29, 0.717) is 32.3 Å². The Morgan fingerprint density at radius 2 is 1.97 bits per heavy atom. The van der Waals surface area contributed by atoms with Crippen molar-refractivity contribution in [3.63, 3.8) is 0 Å². The second-order valence-corrected chi connectivity index (χ2v) is 9.24. The van der Waals surface area contributed by atoms with E-state index in [1.54, 1.807) is 11.2 Å². The van der Waals surface area contributed by atoms with Gasteiger partial charge in [0, 0.05) is 44.7 Å². The van der Waals surface area contributed by atoms with Gasteiger partial charge in [-0.3, -0.25) is 4.99 Å². The Morgan fingerprint density at radius 3 is 2.67 bits per heavy atom. The van der Waals surface area contributed by atoms with Gasteiger partial charge in [-0.15, -0.1) is 24.0 Å². The molecular weight excluding hydrogens is 535 g/mol. The molecule has 1 aliphatic carbocycles. The Balaban J connectivity index is 0.00000306. The molecule has 2 N–H and O–H groups in total. The molecule has 1 aromatic rings. The highest BCUT2D eigenvalue weighted by molar-refractivity contribution is 14.0. The molecule has 0 aromatic carbocycles. The van der Waals surface area contributed by atoms with Crippen molar-refractivity contribution < 1.29 is 18.7 Å². The minimum absolute atomic E-state index is 0. The molecular formula is C24H39IN4O4. The van der Waals surface area contributed by atoms with Gasteiger partial charge in [-0.1, -0.05) is 12.8 Å². The van der Waals surface area contributed by atoms with Crippen molar-refractivity contribution in [2.24, 2.45) is 4.99 Å². The quantitative estimate of drug-likeness (QED) is 0.303. The van der Waals surface area contributed by atoms with Gasteiger partial charge in [-0.2, -0.15) is 0 Å². The number of ether oxygens (including phenoxy) is 2. The van der Waals surface area contributed by atoms with Crippen molar-refractivity contribution in [2.45, 2.75) is 82.4 Å². The van der Waals surface area contributed by atoms with Crippen molar-refractivity contribution in [1.82, 2.24) is 15.5 Å². The lowest BCUT2D eigenvalue weighted by molar-refractivity contribution is -0.0815. The molecule has 1 amide bonds. The lowest BCUT2D eigenvalue weighted by atomic mass is 9.89. The van der Waals surface area contributed by atoms with E-state index in [1.165, 1.54) is 25.7 Å². The van der Waals surface area contributed by atoms with Crippen molar-refractivity contribution in [2.75, 3.05) is 32.8 Å². The van der Waals surface area contributed by atoms with Crippen LogP contribution in [0.5, 0.6) is 0 Å². The van der Waals surface area contributed by atoms with E-state index in [4.69, 9.17) is 18.9 Å². The number of aliphatic imine (C=N–C) groups is 1. The number of amides is 1. The summed E-state index contributed by atoms with van der Waals surface area (Å²) in [5, 5.41) is 7.35. The van der Waals surface area contributed by atoms with Crippen molar-refractivity contribution >= 4 is 36.0 Å². The summed E-state index contributed by atoms with van der Waals surface area (Å²) >= 11 is 0. The van der Waals surface area contributed by atoms with Gasteiger partial charge in [0.2, 0.25) is 0 Å². The summed E-state index contributed by atoms with van der Waals surface area (Å²) in [6.07, 6.45) is 11.0. The molecule has 0 bridgehead atoms. The zero-order chi connectivity index (χ0) is 22.2. The van der Waals surface area contributed by atoms with E-state index in [0.717, 1.165) is 50.4 Å². The number of halogens is 1. The lowest BCUT2D eigenvalue weighted by Crippen LogP contribution is -2.54. The fourth-order valence-electron chi connectivity index (χ4n) is 5.19. The standard InChI is InChI=1S/C24H38N4O4.HI/c1-2-30-23(29)28-14-8-19(9-15-28)26-22(25-13-7-21-6-5-16-31-21)27-20-10-17-32-24(18-20)11-3-4-12-24;/h5-6,16,19-20H,2-4,7-15,17-18H2,1H3,(H2,25,26,27);1H. The molecule has 186 valence electrons. The van der Waals surface area contributed by atoms with E-state index in [9.17, 15) is 4.79 Å². The normalized spacial score (nSPS) is 23.2. The first kappa shape index (κ1) is 26.1. The highest BCUT2D eigenvalue weighted by Gasteiger charge is 2.40. The first-order valence-corrected chi connectivity index (χ1v) is 12.3. The van der Waals surface area contributed by atoms with Gasteiger partial charge >= 0.3 is 6.09 Å².